The summed E-state index contributed by atoms with van der Waals surface area (Å²) in [6.45, 7) is 8.61. The number of phenols is 1. The molecule has 4 aromatic rings. The van der Waals surface area contributed by atoms with Gasteiger partial charge in [0.05, 0.1) is 23.7 Å². The second-order valence-electron chi connectivity index (χ2n) is 8.97. The van der Waals surface area contributed by atoms with Crippen molar-refractivity contribution in [1.82, 2.24) is 25.2 Å². The Morgan fingerprint density at radius 1 is 1.11 bits per heavy atom. The van der Waals surface area contributed by atoms with Crippen LogP contribution in [0.25, 0.3) is 33.5 Å². The number of pyridine rings is 1. The van der Waals surface area contributed by atoms with E-state index in [2.05, 4.69) is 46.2 Å². The molecule has 2 unspecified atom stereocenters. The number of nitrogens with zero attached hydrogens (tertiary/aromatic N) is 3. The molecule has 0 radical (unpaired) electrons. The molecule has 2 atom stereocenters. The zero-order chi connectivity index (χ0) is 25.1. The normalized spacial score (nSPS) is 17.1. The van der Waals surface area contributed by atoms with Gasteiger partial charge >= 0.3 is 0 Å². The summed E-state index contributed by atoms with van der Waals surface area (Å²) in [5.74, 6) is 1.29. The molecule has 36 heavy (non-hydrogen) atoms. The van der Waals surface area contributed by atoms with Gasteiger partial charge in [-0.25, -0.2) is 9.97 Å². The first-order valence-corrected chi connectivity index (χ1v) is 12.5. The standard InChI is InChI=1S/C28H33N5O3/c1-4-33(5-2)15-7-14-30-28-25(36-28)19-9-11-22-23(17-19)32-26(31-22)21-16-18(10-12-24(21)34)20-8-6-13-29-27(20)35-3/h6,8-13,16-17,25,28,30,34H,4-5,7,14-15H2,1-3H3,(H,31,32). The van der Waals surface area contributed by atoms with Gasteiger partial charge in [-0.15, -0.1) is 0 Å². The van der Waals surface area contributed by atoms with Gasteiger partial charge in [-0.3, -0.25) is 5.32 Å². The minimum Gasteiger partial charge on any atom is -0.507 e. The van der Waals surface area contributed by atoms with E-state index >= 15 is 0 Å². The number of H-pyrrole nitrogens is 1. The number of hydrogen-bond donors (Lipinski definition) is 3. The highest BCUT2D eigenvalue weighted by molar-refractivity contribution is 5.83. The van der Waals surface area contributed by atoms with E-state index in [4.69, 9.17) is 14.5 Å². The molecule has 0 amide bonds. The SMILES string of the molecule is CCN(CC)CCCNC1OC1c1ccc2nc(-c3cc(-c4cccnc4OC)ccc3O)[nH]c2c1. The molecule has 1 aliphatic rings. The fourth-order valence-corrected chi connectivity index (χ4v) is 4.61. The first kappa shape index (κ1) is 24.2. The van der Waals surface area contributed by atoms with Crippen molar-refractivity contribution in [3.8, 4) is 34.1 Å². The summed E-state index contributed by atoms with van der Waals surface area (Å²) in [5.41, 5.74) is 5.20. The number of epoxide rings is 1. The van der Waals surface area contributed by atoms with Crippen molar-refractivity contribution in [3.05, 3.63) is 60.3 Å². The number of aromatic nitrogens is 3. The van der Waals surface area contributed by atoms with Crippen LogP contribution in [0.1, 0.15) is 31.9 Å². The van der Waals surface area contributed by atoms with Crippen LogP contribution < -0.4 is 10.1 Å². The molecule has 1 fully saturated rings. The average molecular weight is 488 g/mol. The first-order chi connectivity index (χ1) is 17.6. The number of fused-ring (bicyclic) bond motifs is 1. The van der Waals surface area contributed by atoms with E-state index in [1.807, 2.05) is 30.3 Å². The summed E-state index contributed by atoms with van der Waals surface area (Å²) in [5, 5.41) is 14.1. The molecular formula is C28H33N5O3. The summed E-state index contributed by atoms with van der Waals surface area (Å²) in [6, 6.07) is 15.4. The molecule has 3 N–H and O–H groups in total. The van der Waals surface area contributed by atoms with Crippen molar-refractivity contribution >= 4 is 11.0 Å². The average Bonchev–Trinajstić information content (AvgIpc) is 3.56. The quantitative estimate of drug-likeness (QED) is 0.208. The lowest BCUT2D eigenvalue weighted by atomic mass is 10.0. The molecule has 2 aromatic heterocycles. The third kappa shape index (κ3) is 5.06. The summed E-state index contributed by atoms with van der Waals surface area (Å²) >= 11 is 0. The topological polar surface area (TPSA) is 98.8 Å². The predicted octanol–water partition coefficient (Wildman–Crippen LogP) is 4.73. The summed E-state index contributed by atoms with van der Waals surface area (Å²) in [4.78, 5) is 14.8. The van der Waals surface area contributed by atoms with Gasteiger partial charge in [0.2, 0.25) is 5.88 Å². The van der Waals surface area contributed by atoms with Gasteiger partial charge in [-0.2, -0.15) is 0 Å². The number of nitrogens with one attached hydrogen (secondary N) is 2. The van der Waals surface area contributed by atoms with Crippen molar-refractivity contribution in [3.63, 3.8) is 0 Å². The van der Waals surface area contributed by atoms with E-state index in [0.29, 0.717) is 17.3 Å². The van der Waals surface area contributed by atoms with Crippen LogP contribution >= 0.6 is 0 Å². The van der Waals surface area contributed by atoms with Crippen molar-refractivity contribution in [1.29, 1.82) is 0 Å². The molecule has 3 heterocycles. The molecule has 2 aromatic carbocycles. The molecule has 8 heteroatoms. The Bertz CT molecular complexity index is 1330. The molecule has 0 saturated carbocycles. The second-order valence-corrected chi connectivity index (χ2v) is 8.97. The van der Waals surface area contributed by atoms with Crippen molar-refractivity contribution in [2.75, 3.05) is 33.3 Å². The highest BCUT2D eigenvalue weighted by atomic mass is 16.6. The van der Waals surface area contributed by atoms with Crippen LogP contribution in [-0.2, 0) is 4.74 Å². The number of benzene rings is 2. The largest absolute Gasteiger partial charge is 0.507 e. The van der Waals surface area contributed by atoms with E-state index < -0.39 is 0 Å². The Kier molecular flexibility index (Phi) is 7.18. The lowest BCUT2D eigenvalue weighted by Crippen LogP contribution is -2.28. The second kappa shape index (κ2) is 10.7. The maximum atomic E-state index is 10.6. The summed E-state index contributed by atoms with van der Waals surface area (Å²) in [7, 11) is 1.60. The molecule has 0 bridgehead atoms. The van der Waals surface area contributed by atoms with Crippen LogP contribution in [-0.4, -0.2) is 64.5 Å². The fourth-order valence-electron chi connectivity index (χ4n) is 4.61. The van der Waals surface area contributed by atoms with Crippen LogP contribution in [0.15, 0.2) is 54.7 Å². The monoisotopic (exact) mass is 487 g/mol. The van der Waals surface area contributed by atoms with Crippen LogP contribution in [0.5, 0.6) is 11.6 Å². The number of methoxy groups -OCH3 is 1. The molecule has 8 nitrogen and oxygen atoms in total. The van der Waals surface area contributed by atoms with E-state index in [1.165, 1.54) is 0 Å². The van der Waals surface area contributed by atoms with Crippen molar-refractivity contribution < 1.29 is 14.6 Å². The molecular weight excluding hydrogens is 454 g/mol. The fraction of sp³-hybridized carbons (Fsp3) is 0.357. The Morgan fingerprint density at radius 2 is 1.97 bits per heavy atom. The number of aromatic amines is 1. The Balaban J connectivity index is 1.31. The highest BCUT2D eigenvalue weighted by Gasteiger charge is 2.39. The summed E-state index contributed by atoms with van der Waals surface area (Å²) < 4.78 is 11.3. The third-order valence-corrected chi connectivity index (χ3v) is 6.74. The summed E-state index contributed by atoms with van der Waals surface area (Å²) in [6.07, 6.45) is 2.89. The van der Waals surface area contributed by atoms with Gasteiger partial charge in [-0.1, -0.05) is 26.0 Å². The van der Waals surface area contributed by atoms with Gasteiger partial charge in [0.1, 0.15) is 23.9 Å². The van der Waals surface area contributed by atoms with Crippen LogP contribution in [0.3, 0.4) is 0 Å². The van der Waals surface area contributed by atoms with Crippen molar-refractivity contribution in [2.24, 2.45) is 0 Å². The molecule has 1 aliphatic heterocycles. The third-order valence-electron chi connectivity index (χ3n) is 6.74. The lowest BCUT2D eigenvalue weighted by molar-refractivity contribution is 0.291. The lowest BCUT2D eigenvalue weighted by Gasteiger charge is -2.17. The number of phenolic OH excluding ortho intramolecular Hbond substituents is 1. The van der Waals surface area contributed by atoms with Gasteiger partial charge in [0, 0.05) is 11.8 Å². The zero-order valence-corrected chi connectivity index (χ0v) is 21.0. The van der Waals surface area contributed by atoms with E-state index in [0.717, 1.165) is 60.3 Å². The number of imidazole rings is 1. The van der Waals surface area contributed by atoms with E-state index in [1.54, 1.807) is 19.4 Å². The van der Waals surface area contributed by atoms with E-state index in [9.17, 15) is 5.11 Å². The number of ether oxygens (including phenoxy) is 2. The Morgan fingerprint density at radius 3 is 2.78 bits per heavy atom. The minimum absolute atomic E-state index is 0.0457. The van der Waals surface area contributed by atoms with Crippen LogP contribution in [0.4, 0.5) is 0 Å². The predicted molar refractivity (Wildman–Crippen MR) is 141 cm³/mol. The molecule has 188 valence electrons. The van der Waals surface area contributed by atoms with Gasteiger partial charge in [0.15, 0.2) is 0 Å². The minimum atomic E-state index is 0.0457. The number of rotatable bonds is 11. The highest BCUT2D eigenvalue weighted by Crippen LogP contribution is 2.39. The maximum Gasteiger partial charge on any atom is 0.221 e. The Hall–Kier alpha value is -3.46. The van der Waals surface area contributed by atoms with Crippen LogP contribution in [0, 0.1) is 0 Å². The molecule has 5 rings (SSSR count). The van der Waals surface area contributed by atoms with Gasteiger partial charge in [0.25, 0.3) is 0 Å². The molecule has 0 spiro atoms. The van der Waals surface area contributed by atoms with Crippen LogP contribution in [0.2, 0.25) is 0 Å². The maximum absolute atomic E-state index is 10.6. The van der Waals surface area contributed by atoms with Gasteiger partial charge < -0.3 is 24.5 Å². The smallest absolute Gasteiger partial charge is 0.221 e. The molecule has 0 aliphatic carbocycles. The van der Waals surface area contributed by atoms with Crippen molar-refractivity contribution in [2.45, 2.75) is 32.6 Å². The number of hydrogen-bond acceptors (Lipinski definition) is 7. The van der Waals surface area contributed by atoms with Gasteiger partial charge in [-0.05, 0) is 80.1 Å². The Labute approximate surface area is 211 Å². The first-order valence-electron chi connectivity index (χ1n) is 12.5. The zero-order valence-electron chi connectivity index (χ0n) is 21.0. The van der Waals surface area contributed by atoms with E-state index in [-0.39, 0.29) is 18.1 Å². The molecule has 1 saturated heterocycles. The number of aromatic hydroxyl groups is 1.